The Morgan fingerprint density at radius 3 is 3.00 bits per heavy atom. The van der Waals surface area contributed by atoms with Crippen LogP contribution in [0.3, 0.4) is 0 Å². The van der Waals surface area contributed by atoms with E-state index in [2.05, 4.69) is 4.98 Å². The summed E-state index contributed by atoms with van der Waals surface area (Å²) in [5.41, 5.74) is 1.20. The second-order valence-electron chi connectivity index (χ2n) is 5.12. The van der Waals surface area contributed by atoms with Crippen molar-refractivity contribution in [3.63, 3.8) is 0 Å². The van der Waals surface area contributed by atoms with Gasteiger partial charge in [-0.05, 0) is 31.1 Å². The summed E-state index contributed by atoms with van der Waals surface area (Å²) in [5, 5.41) is 12.3. The second kappa shape index (κ2) is 6.12. The van der Waals surface area contributed by atoms with Gasteiger partial charge in [0.15, 0.2) is 0 Å². The van der Waals surface area contributed by atoms with Crippen molar-refractivity contribution in [1.29, 1.82) is 5.26 Å². The molecule has 0 bridgehead atoms. The van der Waals surface area contributed by atoms with Crippen molar-refractivity contribution in [2.24, 2.45) is 0 Å². The molecule has 0 unspecified atom stereocenters. The number of hydrogen-bond donors (Lipinski definition) is 0. The van der Waals surface area contributed by atoms with E-state index in [1.54, 1.807) is 48.8 Å². The van der Waals surface area contributed by atoms with Crippen molar-refractivity contribution in [1.82, 2.24) is 4.98 Å². The maximum atomic E-state index is 12.4. The van der Waals surface area contributed by atoms with Gasteiger partial charge in [0.05, 0.1) is 17.8 Å². The Balaban J connectivity index is 1.86. The highest BCUT2D eigenvalue weighted by molar-refractivity contribution is 7.09. The van der Waals surface area contributed by atoms with Crippen molar-refractivity contribution in [2.45, 2.75) is 18.8 Å². The van der Waals surface area contributed by atoms with Crippen LogP contribution in [-0.4, -0.2) is 17.9 Å². The number of methoxy groups -OCH3 is 1. The monoisotopic (exact) mass is 310 g/mol. The van der Waals surface area contributed by atoms with Crippen LogP contribution >= 0.6 is 11.3 Å². The molecule has 1 aliphatic rings. The summed E-state index contributed by atoms with van der Waals surface area (Å²) < 4.78 is 5.11. The van der Waals surface area contributed by atoms with Crippen molar-refractivity contribution in [3.05, 3.63) is 51.5 Å². The number of carbonyl (C=O) groups excluding carboxylic acids is 1. The van der Waals surface area contributed by atoms with Crippen molar-refractivity contribution in [3.8, 4) is 11.8 Å². The molecule has 0 N–H and O–H groups in total. The van der Waals surface area contributed by atoms with Crippen LogP contribution in [-0.2, 0) is 0 Å². The Bertz CT molecular complexity index is 782. The number of rotatable bonds is 5. The number of thiazole rings is 1. The van der Waals surface area contributed by atoms with Crippen LogP contribution in [0, 0.1) is 11.3 Å². The minimum Gasteiger partial charge on any atom is -0.497 e. The zero-order valence-corrected chi connectivity index (χ0v) is 12.9. The van der Waals surface area contributed by atoms with E-state index in [-0.39, 0.29) is 11.4 Å². The largest absolute Gasteiger partial charge is 0.497 e. The lowest BCUT2D eigenvalue weighted by Crippen LogP contribution is -2.02. The number of allylic oxidation sites excluding steroid dienone is 1. The topological polar surface area (TPSA) is 63.0 Å². The van der Waals surface area contributed by atoms with Gasteiger partial charge in [-0.1, -0.05) is 12.1 Å². The lowest BCUT2D eigenvalue weighted by molar-refractivity contribution is 0.103. The first-order chi connectivity index (χ1) is 10.7. The van der Waals surface area contributed by atoms with Crippen LogP contribution in [0.25, 0.3) is 6.08 Å². The molecule has 22 heavy (non-hydrogen) atoms. The number of benzene rings is 1. The molecule has 110 valence electrons. The fourth-order valence-electron chi connectivity index (χ4n) is 2.10. The molecule has 1 aromatic heterocycles. The minimum absolute atomic E-state index is 0.0842. The van der Waals surface area contributed by atoms with Gasteiger partial charge in [0.25, 0.3) is 0 Å². The van der Waals surface area contributed by atoms with E-state index >= 15 is 0 Å². The SMILES string of the molecule is COc1cccc(C(=O)/C(C#N)=C\c2csc(C3CC3)n2)c1. The van der Waals surface area contributed by atoms with E-state index in [0.717, 1.165) is 5.01 Å². The van der Waals surface area contributed by atoms with Crippen molar-refractivity contribution < 1.29 is 9.53 Å². The van der Waals surface area contributed by atoms with E-state index in [4.69, 9.17) is 4.74 Å². The zero-order chi connectivity index (χ0) is 15.5. The molecule has 2 aromatic rings. The standard InChI is InChI=1S/C17H14N2O2S/c1-21-15-4-2-3-12(8-15)16(20)13(9-18)7-14-10-22-17(19-14)11-5-6-11/h2-4,7-8,10-11H,5-6H2,1H3/b13-7-. The first-order valence-corrected chi connectivity index (χ1v) is 7.85. The van der Waals surface area contributed by atoms with E-state index in [1.807, 2.05) is 11.4 Å². The van der Waals surface area contributed by atoms with Crippen LogP contribution in [0.15, 0.2) is 35.2 Å². The lowest BCUT2D eigenvalue weighted by Gasteiger charge is -2.02. The molecular formula is C17H14N2O2S. The van der Waals surface area contributed by atoms with E-state index < -0.39 is 0 Å². The first kappa shape index (κ1) is 14.5. The molecule has 1 saturated carbocycles. The van der Waals surface area contributed by atoms with Gasteiger partial charge in [0, 0.05) is 16.9 Å². The zero-order valence-electron chi connectivity index (χ0n) is 12.1. The molecule has 0 aliphatic heterocycles. The minimum atomic E-state index is -0.317. The smallest absolute Gasteiger partial charge is 0.203 e. The molecule has 0 saturated heterocycles. The Kier molecular flexibility index (Phi) is 4.03. The van der Waals surface area contributed by atoms with Crippen LogP contribution in [0.1, 0.15) is 39.8 Å². The molecule has 5 heteroatoms. The molecule has 1 fully saturated rings. The number of Topliss-reactive ketones (excluding diaryl/α,β-unsaturated/α-hetero) is 1. The first-order valence-electron chi connectivity index (χ1n) is 6.97. The molecule has 0 radical (unpaired) electrons. The van der Waals surface area contributed by atoms with Gasteiger partial charge in [-0.2, -0.15) is 5.26 Å². The number of ketones is 1. The molecule has 1 heterocycles. The van der Waals surface area contributed by atoms with E-state index in [1.165, 1.54) is 12.8 Å². The summed E-state index contributed by atoms with van der Waals surface area (Å²) in [6.07, 6.45) is 3.93. The fourth-order valence-corrected chi connectivity index (χ4v) is 3.05. The second-order valence-corrected chi connectivity index (χ2v) is 6.01. The quantitative estimate of drug-likeness (QED) is 0.478. The number of nitrogens with zero attached hydrogens (tertiary/aromatic N) is 2. The third-order valence-corrected chi connectivity index (χ3v) is 4.48. The van der Waals surface area contributed by atoms with Gasteiger partial charge < -0.3 is 4.74 Å². The van der Waals surface area contributed by atoms with E-state index in [0.29, 0.717) is 22.9 Å². The average Bonchev–Trinajstić information content (AvgIpc) is 3.31. The summed E-state index contributed by atoms with van der Waals surface area (Å²) in [4.78, 5) is 16.9. The highest BCUT2D eigenvalue weighted by Crippen LogP contribution is 2.41. The normalized spacial score (nSPS) is 14.5. The van der Waals surface area contributed by atoms with Crippen LogP contribution in [0.5, 0.6) is 5.75 Å². The summed E-state index contributed by atoms with van der Waals surface area (Å²) in [6.45, 7) is 0. The highest BCUT2D eigenvalue weighted by atomic mass is 32.1. The Labute approximate surface area is 132 Å². The van der Waals surface area contributed by atoms with Gasteiger partial charge in [0.2, 0.25) is 5.78 Å². The summed E-state index contributed by atoms with van der Waals surface area (Å²) in [6, 6.07) is 8.77. The van der Waals surface area contributed by atoms with Gasteiger partial charge in [-0.25, -0.2) is 4.98 Å². The predicted octanol–water partition coefficient (Wildman–Crippen LogP) is 3.82. The Hall–Kier alpha value is -2.45. The number of nitriles is 1. The molecular weight excluding hydrogens is 296 g/mol. The summed E-state index contributed by atoms with van der Waals surface area (Å²) >= 11 is 1.59. The Morgan fingerprint density at radius 1 is 1.50 bits per heavy atom. The third-order valence-electron chi connectivity index (χ3n) is 3.46. The third kappa shape index (κ3) is 3.07. The van der Waals surface area contributed by atoms with Gasteiger partial charge >= 0.3 is 0 Å². The fraction of sp³-hybridized carbons (Fsp3) is 0.235. The van der Waals surface area contributed by atoms with Gasteiger partial charge in [0.1, 0.15) is 17.4 Å². The van der Waals surface area contributed by atoms with Crippen LogP contribution in [0.2, 0.25) is 0 Å². The summed E-state index contributed by atoms with van der Waals surface area (Å²) in [7, 11) is 1.54. The van der Waals surface area contributed by atoms with Crippen LogP contribution in [0.4, 0.5) is 0 Å². The van der Waals surface area contributed by atoms with Gasteiger partial charge in [-0.15, -0.1) is 11.3 Å². The average molecular weight is 310 g/mol. The number of aromatic nitrogens is 1. The summed E-state index contributed by atoms with van der Waals surface area (Å²) in [5.74, 6) is 0.849. The molecule has 4 nitrogen and oxygen atoms in total. The Morgan fingerprint density at radius 2 is 2.32 bits per heavy atom. The molecule has 3 rings (SSSR count). The van der Waals surface area contributed by atoms with Gasteiger partial charge in [-0.3, -0.25) is 4.79 Å². The number of hydrogen-bond acceptors (Lipinski definition) is 5. The molecule has 1 aliphatic carbocycles. The maximum absolute atomic E-state index is 12.4. The van der Waals surface area contributed by atoms with E-state index in [9.17, 15) is 10.1 Å². The molecule has 0 spiro atoms. The van der Waals surface area contributed by atoms with Crippen LogP contribution < -0.4 is 4.74 Å². The molecule has 0 amide bonds. The molecule has 0 atom stereocenters. The number of carbonyl (C=O) groups is 1. The van der Waals surface area contributed by atoms with Crippen molar-refractivity contribution >= 4 is 23.2 Å². The predicted molar refractivity (Wildman–Crippen MR) is 85.0 cm³/mol. The lowest BCUT2D eigenvalue weighted by atomic mass is 10.0. The molecule has 1 aromatic carbocycles. The highest BCUT2D eigenvalue weighted by Gasteiger charge is 2.26. The maximum Gasteiger partial charge on any atom is 0.203 e. The van der Waals surface area contributed by atoms with Crippen molar-refractivity contribution in [2.75, 3.05) is 7.11 Å². The number of ether oxygens (including phenoxy) is 1.